The fourth-order valence-electron chi connectivity index (χ4n) is 2.69. The van der Waals surface area contributed by atoms with Gasteiger partial charge in [0.15, 0.2) is 0 Å². The van der Waals surface area contributed by atoms with Crippen LogP contribution in [-0.2, 0) is 5.60 Å². The Labute approximate surface area is 126 Å². The van der Waals surface area contributed by atoms with Crippen LogP contribution in [0.2, 0.25) is 0 Å². The Morgan fingerprint density at radius 2 is 1.38 bits per heavy atom. The van der Waals surface area contributed by atoms with E-state index in [4.69, 9.17) is 9.47 Å². The van der Waals surface area contributed by atoms with Crippen LogP contribution < -0.4 is 9.47 Å². The molecule has 2 rings (SSSR count). The van der Waals surface area contributed by atoms with Crippen molar-refractivity contribution in [2.45, 2.75) is 19.4 Å². The molecule has 0 aliphatic rings. The highest BCUT2D eigenvalue weighted by molar-refractivity contribution is 5.53. The Morgan fingerprint density at radius 3 is 1.81 bits per heavy atom. The Bertz CT molecular complexity index is 570. The number of benzene rings is 2. The summed E-state index contributed by atoms with van der Waals surface area (Å²) in [6.45, 7) is 3.97. The van der Waals surface area contributed by atoms with Gasteiger partial charge in [-0.1, -0.05) is 50.2 Å². The summed E-state index contributed by atoms with van der Waals surface area (Å²) in [5.41, 5.74) is 0.304. The number of aliphatic hydroxyl groups is 1. The number of methoxy groups -OCH3 is 2. The van der Waals surface area contributed by atoms with Crippen molar-refractivity contribution in [3.05, 3.63) is 59.7 Å². The predicted molar refractivity (Wildman–Crippen MR) is 83.8 cm³/mol. The Kier molecular flexibility index (Phi) is 4.53. The second-order valence-corrected chi connectivity index (χ2v) is 5.32. The number of hydrogen-bond acceptors (Lipinski definition) is 3. The van der Waals surface area contributed by atoms with Gasteiger partial charge in [0.2, 0.25) is 0 Å². The zero-order valence-electron chi connectivity index (χ0n) is 13.0. The van der Waals surface area contributed by atoms with Gasteiger partial charge in [-0.15, -0.1) is 0 Å². The third kappa shape index (κ3) is 2.61. The summed E-state index contributed by atoms with van der Waals surface area (Å²) in [6.07, 6.45) is 0. The summed E-state index contributed by atoms with van der Waals surface area (Å²) < 4.78 is 10.9. The minimum atomic E-state index is -1.18. The molecule has 0 aromatic heterocycles. The van der Waals surface area contributed by atoms with Crippen LogP contribution >= 0.6 is 0 Å². The summed E-state index contributed by atoms with van der Waals surface area (Å²) in [7, 11) is 3.20. The molecule has 0 amide bonds. The van der Waals surface area contributed by atoms with Gasteiger partial charge < -0.3 is 14.6 Å². The highest BCUT2D eigenvalue weighted by Gasteiger charge is 2.40. The van der Waals surface area contributed by atoms with E-state index in [0.29, 0.717) is 17.1 Å². The quantitative estimate of drug-likeness (QED) is 0.912. The molecule has 0 heterocycles. The highest BCUT2D eigenvalue weighted by atomic mass is 16.5. The van der Waals surface area contributed by atoms with Gasteiger partial charge in [0.25, 0.3) is 0 Å². The van der Waals surface area contributed by atoms with Gasteiger partial charge in [-0.3, -0.25) is 0 Å². The minimum absolute atomic E-state index is 0.0508. The first-order valence-electron chi connectivity index (χ1n) is 7.05. The van der Waals surface area contributed by atoms with Gasteiger partial charge in [-0.05, 0) is 23.6 Å². The van der Waals surface area contributed by atoms with E-state index in [1.165, 1.54) is 0 Å². The first-order valence-corrected chi connectivity index (χ1v) is 7.05. The summed E-state index contributed by atoms with van der Waals surface area (Å²) in [5, 5.41) is 11.5. The van der Waals surface area contributed by atoms with Gasteiger partial charge in [-0.2, -0.15) is 0 Å². The third-order valence-electron chi connectivity index (χ3n) is 3.86. The van der Waals surface area contributed by atoms with Crippen LogP contribution in [0.5, 0.6) is 11.5 Å². The van der Waals surface area contributed by atoms with E-state index in [2.05, 4.69) is 0 Å². The van der Waals surface area contributed by atoms with Crippen LogP contribution in [-0.4, -0.2) is 19.3 Å². The van der Waals surface area contributed by atoms with Gasteiger partial charge >= 0.3 is 0 Å². The molecule has 112 valence electrons. The standard InChI is InChI=1S/C18H22O3/c1-13(2)18(19,14-9-6-5-7-10-14)17-15(20-3)11-8-12-16(17)21-4/h5-13,19H,1-4H3. The van der Waals surface area contributed by atoms with E-state index in [-0.39, 0.29) is 5.92 Å². The zero-order chi connectivity index (χ0) is 15.5. The van der Waals surface area contributed by atoms with Crippen molar-refractivity contribution in [3.8, 4) is 11.5 Å². The molecule has 1 unspecified atom stereocenters. The molecule has 0 spiro atoms. The molecule has 1 atom stereocenters. The summed E-state index contributed by atoms with van der Waals surface area (Å²) >= 11 is 0. The van der Waals surface area contributed by atoms with Gasteiger partial charge in [0.1, 0.15) is 17.1 Å². The lowest BCUT2D eigenvalue weighted by Crippen LogP contribution is -2.34. The highest BCUT2D eigenvalue weighted by Crippen LogP contribution is 2.45. The molecule has 0 saturated carbocycles. The van der Waals surface area contributed by atoms with E-state index < -0.39 is 5.60 Å². The lowest BCUT2D eigenvalue weighted by Gasteiger charge is -2.35. The first-order chi connectivity index (χ1) is 10.1. The maximum Gasteiger partial charge on any atom is 0.129 e. The van der Waals surface area contributed by atoms with E-state index in [0.717, 1.165) is 5.56 Å². The average molecular weight is 286 g/mol. The van der Waals surface area contributed by atoms with Crippen LogP contribution in [0, 0.1) is 5.92 Å². The second kappa shape index (κ2) is 6.19. The van der Waals surface area contributed by atoms with Crippen molar-refractivity contribution in [3.63, 3.8) is 0 Å². The molecule has 2 aromatic carbocycles. The average Bonchev–Trinajstić information content (AvgIpc) is 2.53. The van der Waals surface area contributed by atoms with Crippen molar-refractivity contribution in [2.75, 3.05) is 14.2 Å². The van der Waals surface area contributed by atoms with Crippen LogP contribution in [0.15, 0.2) is 48.5 Å². The molecule has 0 aliphatic carbocycles. The zero-order valence-corrected chi connectivity index (χ0v) is 13.0. The van der Waals surface area contributed by atoms with E-state index in [9.17, 15) is 5.11 Å². The van der Waals surface area contributed by atoms with Gasteiger partial charge in [0.05, 0.1) is 19.8 Å². The van der Waals surface area contributed by atoms with Crippen molar-refractivity contribution < 1.29 is 14.6 Å². The summed E-state index contributed by atoms with van der Waals surface area (Å²) in [4.78, 5) is 0. The molecule has 21 heavy (non-hydrogen) atoms. The SMILES string of the molecule is COc1cccc(OC)c1C(O)(c1ccccc1)C(C)C. The maximum absolute atomic E-state index is 11.5. The van der Waals surface area contributed by atoms with E-state index in [1.54, 1.807) is 14.2 Å². The fourth-order valence-corrected chi connectivity index (χ4v) is 2.69. The van der Waals surface area contributed by atoms with Crippen molar-refractivity contribution in [2.24, 2.45) is 5.92 Å². The van der Waals surface area contributed by atoms with Crippen LogP contribution in [0.4, 0.5) is 0 Å². The molecule has 0 bridgehead atoms. The number of hydrogen-bond donors (Lipinski definition) is 1. The lowest BCUT2D eigenvalue weighted by molar-refractivity contribution is 0.0271. The molecule has 2 aromatic rings. The molecule has 0 aliphatic heterocycles. The molecule has 0 fully saturated rings. The molecule has 3 nitrogen and oxygen atoms in total. The molecule has 1 N–H and O–H groups in total. The normalized spacial score (nSPS) is 13.8. The molecule has 3 heteroatoms. The van der Waals surface area contributed by atoms with Gasteiger partial charge in [0, 0.05) is 0 Å². The fraction of sp³-hybridized carbons (Fsp3) is 0.333. The first kappa shape index (κ1) is 15.4. The molecular weight excluding hydrogens is 264 g/mol. The topological polar surface area (TPSA) is 38.7 Å². The Hall–Kier alpha value is -2.00. The third-order valence-corrected chi connectivity index (χ3v) is 3.86. The van der Waals surface area contributed by atoms with Gasteiger partial charge in [-0.25, -0.2) is 0 Å². The lowest BCUT2D eigenvalue weighted by atomic mass is 9.77. The maximum atomic E-state index is 11.5. The van der Waals surface area contributed by atoms with Crippen molar-refractivity contribution in [1.29, 1.82) is 0 Å². The number of rotatable bonds is 5. The van der Waals surface area contributed by atoms with Crippen molar-refractivity contribution >= 4 is 0 Å². The number of ether oxygens (including phenoxy) is 2. The largest absolute Gasteiger partial charge is 0.496 e. The van der Waals surface area contributed by atoms with Crippen molar-refractivity contribution in [1.82, 2.24) is 0 Å². The van der Waals surface area contributed by atoms with E-state index in [1.807, 2.05) is 62.4 Å². The predicted octanol–water partition coefficient (Wildman–Crippen LogP) is 3.60. The Morgan fingerprint density at radius 1 is 0.857 bits per heavy atom. The monoisotopic (exact) mass is 286 g/mol. The van der Waals surface area contributed by atoms with E-state index >= 15 is 0 Å². The molecular formula is C18H22O3. The van der Waals surface area contributed by atoms with Crippen LogP contribution in [0.1, 0.15) is 25.0 Å². The Balaban J connectivity index is 2.75. The molecule has 0 saturated heterocycles. The minimum Gasteiger partial charge on any atom is -0.496 e. The second-order valence-electron chi connectivity index (χ2n) is 5.32. The van der Waals surface area contributed by atoms with Crippen LogP contribution in [0.3, 0.4) is 0 Å². The molecule has 0 radical (unpaired) electrons. The summed E-state index contributed by atoms with van der Waals surface area (Å²) in [5.74, 6) is 1.19. The van der Waals surface area contributed by atoms with Crippen LogP contribution in [0.25, 0.3) is 0 Å². The summed E-state index contributed by atoms with van der Waals surface area (Å²) in [6, 6.07) is 15.2. The smallest absolute Gasteiger partial charge is 0.129 e.